The maximum absolute atomic E-state index is 13.4. The fourth-order valence-corrected chi connectivity index (χ4v) is 4.58. The highest BCUT2D eigenvalue weighted by Gasteiger charge is 2.24. The molecule has 0 atom stereocenters. The van der Waals surface area contributed by atoms with Crippen molar-refractivity contribution >= 4 is 45.7 Å². The minimum atomic E-state index is -0.333. The number of aromatic nitrogens is 1. The SMILES string of the molecule is O=C(CCN1C(=O)CSc2ccccc21)Nc1nc(-c2cccc(F)c2)cs1. The van der Waals surface area contributed by atoms with Crippen molar-refractivity contribution in [1.29, 1.82) is 0 Å². The summed E-state index contributed by atoms with van der Waals surface area (Å²) in [6, 6.07) is 13.8. The van der Waals surface area contributed by atoms with Crippen molar-refractivity contribution in [3.05, 3.63) is 59.7 Å². The molecule has 0 unspecified atom stereocenters. The van der Waals surface area contributed by atoms with E-state index < -0.39 is 0 Å². The van der Waals surface area contributed by atoms with Crippen LogP contribution in [0.3, 0.4) is 0 Å². The summed E-state index contributed by atoms with van der Waals surface area (Å²) in [6.07, 6.45) is 0.166. The number of hydrogen-bond acceptors (Lipinski definition) is 5. The molecule has 1 aliphatic heterocycles. The van der Waals surface area contributed by atoms with Crippen molar-refractivity contribution in [1.82, 2.24) is 4.98 Å². The molecule has 2 heterocycles. The minimum absolute atomic E-state index is 0.000797. The van der Waals surface area contributed by atoms with Crippen LogP contribution in [0.2, 0.25) is 0 Å². The maximum Gasteiger partial charge on any atom is 0.237 e. The van der Waals surface area contributed by atoms with Crippen LogP contribution in [0.5, 0.6) is 0 Å². The third kappa shape index (κ3) is 4.07. The molecule has 0 aliphatic carbocycles. The Morgan fingerprint density at radius 3 is 2.93 bits per heavy atom. The molecule has 1 aliphatic rings. The molecule has 0 fully saturated rings. The Bertz CT molecular complexity index is 1040. The first-order chi connectivity index (χ1) is 13.6. The lowest BCUT2D eigenvalue weighted by Crippen LogP contribution is -2.37. The van der Waals surface area contributed by atoms with E-state index in [1.54, 1.807) is 22.4 Å². The molecule has 2 aromatic carbocycles. The fourth-order valence-electron chi connectivity index (χ4n) is 2.91. The summed E-state index contributed by atoms with van der Waals surface area (Å²) in [5.41, 5.74) is 2.11. The van der Waals surface area contributed by atoms with Gasteiger partial charge in [-0.2, -0.15) is 0 Å². The summed E-state index contributed by atoms with van der Waals surface area (Å²) in [7, 11) is 0. The van der Waals surface area contributed by atoms with Crippen LogP contribution in [-0.2, 0) is 9.59 Å². The molecule has 0 radical (unpaired) electrons. The molecule has 0 saturated carbocycles. The maximum atomic E-state index is 13.4. The number of anilines is 2. The number of benzene rings is 2. The number of carbonyl (C=O) groups excluding carboxylic acids is 2. The number of halogens is 1. The molecular weight excluding hydrogens is 397 g/mol. The van der Waals surface area contributed by atoms with E-state index in [4.69, 9.17) is 0 Å². The first-order valence-corrected chi connectivity index (χ1v) is 10.5. The predicted molar refractivity (Wildman–Crippen MR) is 110 cm³/mol. The molecule has 1 N–H and O–H groups in total. The number of nitrogens with zero attached hydrogens (tertiary/aromatic N) is 2. The van der Waals surface area contributed by atoms with E-state index in [9.17, 15) is 14.0 Å². The van der Waals surface area contributed by atoms with Crippen LogP contribution in [0.4, 0.5) is 15.2 Å². The van der Waals surface area contributed by atoms with Gasteiger partial charge < -0.3 is 10.2 Å². The van der Waals surface area contributed by atoms with Gasteiger partial charge in [-0.25, -0.2) is 9.37 Å². The molecular formula is C20H16FN3O2S2. The van der Waals surface area contributed by atoms with Gasteiger partial charge in [-0.15, -0.1) is 23.1 Å². The van der Waals surface area contributed by atoms with E-state index in [0.29, 0.717) is 28.7 Å². The van der Waals surface area contributed by atoms with Gasteiger partial charge in [-0.1, -0.05) is 24.3 Å². The van der Waals surface area contributed by atoms with Gasteiger partial charge in [0.25, 0.3) is 0 Å². The molecule has 0 saturated heterocycles. The molecule has 142 valence electrons. The summed E-state index contributed by atoms with van der Waals surface area (Å²) < 4.78 is 13.4. The average Bonchev–Trinajstić information content (AvgIpc) is 3.15. The van der Waals surface area contributed by atoms with Crippen LogP contribution in [0.1, 0.15) is 6.42 Å². The Labute approximate surface area is 169 Å². The molecule has 28 heavy (non-hydrogen) atoms. The van der Waals surface area contributed by atoms with Crippen LogP contribution in [0, 0.1) is 5.82 Å². The molecule has 3 aromatic rings. The first kappa shape index (κ1) is 18.6. The Balaban J connectivity index is 1.39. The predicted octanol–water partition coefficient (Wildman–Crippen LogP) is 4.42. The number of para-hydroxylation sites is 1. The number of fused-ring (bicyclic) bond motifs is 1. The van der Waals surface area contributed by atoms with Gasteiger partial charge in [-0.3, -0.25) is 9.59 Å². The highest BCUT2D eigenvalue weighted by Crippen LogP contribution is 2.35. The number of hydrogen-bond donors (Lipinski definition) is 1. The van der Waals surface area contributed by atoms with Gasteiger partial charge in [-0.05, 0) is 24.3 Å². The molecule has 0 spiro atoms. The van der Waals surface area contributed by atoms with E-state index in [0.717, 1.165) is 10.6 Å². The standard InChI is InChI=1S/C20H16FN3O2S2/c21-14-5-3-4-13(10-14)15-11-28-20(22-15)23-18(25)8-9-24-16-6-1-2-7-17(16)27-12-19(24)26/h1-7,10-11H,8-9,12H2,(H,22,23,25). The number of thiazole rings is 1. The normalized spacial score (nSPS) is 13.3. The van der Waals surface area contributed by atoms with Gasteiger partial charge >= 0.3 is 0 Å². The average molecular weight is 413 g/mol. The number of thioether (sulfide) groups is 1. The molecule has 2 amide bonds. The van der Waals surface area contributed by atoms with E-state index >= 15 is 0 Å². The molecule has 8 heteroatoms. The third-order valence-electron chi connectivity index (χ3n) is 4.24. The van der Waals surface area contributed by atoms with E-state index in [1.807, 2.05) is 24.3 Å². The summed E-state index contributed by atoms with van der Waals surface area (Å²) in [5, 5.41) is 4.98. The first-order valence-electron chi connectivity index (χ1n) is 8.64. The highest BCUT2D eigenvalue weighted by molar-refractivity contribution is 8.00. The molecule has 4 rings (SSSR count). The Morgan fingerprint density at radius 1 is 1.21 bits per heavy atom. The second kappa shape index (κ2) is 8.12. The van der Waals surface area contributed by atoms with Crippen molar-refractivity contribution in [3.63, 3.8) is 0 Å². The molecule has 5 nitrogen and oxygen atoms in total. The molecule has 0 bridgehead atoms. The lowest BCUT2D eigenvalue weighted by Gasteiger charge is -2.28. The van der Waals surface area contributed by atoms with Gasteiger partial charge in [0.05, 0.1) is 17.1 Å². The topological polar surface area (TPSA) is 62.3 Å². The quantitative estimate of drug-likeness (QED) is 0.673. The zero-order valence-corrected chi connectivity index (χ0v) is 16.4. The second-order valence-corrected chi connectivity index (χ2v) is 8.02. The number of amides is 2. The van der Waals surface area contributed by atoms with Crippen molar-refractivity contribution in [2.45, 2.75) is 11.3 Å². The lowest BCUT2D eigenvalue weighted by atomic mass is 10.2. The lowest BCUT2D eigenvalue weighted by molar-refractivity contribution is -0.117. The van der Waals surface area contributed by atoms with Gasteiger partial charge in [0, 0.05) is 28.8 Å². The second-order valence-electron chi connectivity index (χ2n) is 6.15. The minimum Gasteiger partial charge on any atom is -0.310 e. The Kier molecular flexibility index (Phi) is 5.40. The monoisotopic (exact) mass is 413 g/mol. The van der Waals surface area contributed by atoms with Crippen molar-refractivity contribution in [3.8, 4) is 11.3 Å². The Morgan fingerprint density at radius 2 is 2.07 bits per heavy atom. The van der Waals surface area contributed by atoms with Gasteiger partial charge in [0.2, 0.25) is 11.8 Å². The number of carbonyl (C=O) groups is 2. The van der Waals surface area contributed by atoms with Crippen LogP contribution in [0.15, 0.2) is 58.8 Å². The van der Waals surface area contributed by atoms with E-state index in [-0.39, 0.29) is 24.1 Å². The molecule has 1 aromatic heterocycles. The summed E-state index contributed by atoms with van der Waals surface area (Å²) in [5.74, 6) is -0.175. The highest BCUT2D eigenvalue weighted by atomic mass is 32.2. The Hall–Kier alpha value is -2.71. The van der Waals surface area contributed by atoms with Crippen molar-refractivity contribution in [2.75, 3.05) is 22.5 Å². The van der Waals surface area contributed by atoms with Crippen molar-refractivity contribution < 1.29 is 14.0 Å². The van der Waals surface area contributed by atoms with Crippen LogP contribution >= 0.6 is 23.1 Å². The zero-order valence-electron chi connectivity index (χ0n) is 14.7. The van der Waals surface area contributed by atoms with Crippen LogP contribution in [-0.4, -0.2) is 29.1 Å². The van der Waals surface area contributed by atoms with Crippen molar-refractivity contribution in [2.24, 2.45) is 0 Å². The third-order valence-corrected chi connectivity index (χ3v) is 6.05. The van der Waals surface area contributed by atoms with Gasteiger partial charge in [0.1, 0.15) is 5.82 Å². The summed E-state index contributed by atoms with van der Waals surface area (Å²) >= 11 is 2.79. The number of nitrogens with one attached hydrogen (secondary N) is 1. The van der Waals surface area contributed by atoms with Gasteiger partial charge in [0.15, 0.2) is 5.13 Å². The van der Waals surface area contributed by atoms with E-state index in [1.165, 1.54) is 35.2 Å². The van der Waals surface area contributed by atoms with Crippen LogP contribution in [0.25, 0.3) is 11.3 Å². The fraction of sp³-hybridized carbons (Fsp3) is 0.150. The smallest absolute Gasteiger partial charge is 0.237 e. The summed E-state index contributed by atoms with van der Waals surface area (Å²) in [4.78, 5) is 31.6. The number of rotatable bonds is 5. The zero-order chi connectivity index (χ0) is 19.5. The van der Waals surface area contributed by atoms with E-state index in [2.05, 4.69) is 10.3 Å². The largest absolute Gasteiger partial charge is 0.310 e. The van der Waals surface area contributed by atoms with Crippen LogP contribution < -0.4 is 10.2 Å². The summed E-state index contributed by atoms with van der Waals surface area (Å²) in [6.45, 7) is 0.310.